The molecule has 2 amide bonds. The maximum absolute atomic E-state index is 12.6. The molecule has 0 saturated heterocycles. The lowest BCUT2D eigenvalue weighted by Gasteiger charge is -2.20. The maximum Gasteiger partial charge on any atom is 0.371 e. The normalized spacial score (nSPS) is 11.2. The molecule has 8 nitrogen and oxygen atoms in total. The van der Waals surface area contributed by atoms with Crippen molar-refractivity contribution < 1.29 is 28.9 Å². The van der Waals surface area contributed by atoms with E-state index in [0.717, 1.165) is 36.1 Å². The molecule has 0 radical (unpaired) electrons. The Morgan fingerprint density at radius 2 is 1.83 bits per heavy atom. The molecule has 0 saturated carbocycles. The van der Waals surface area contributed by atoms with Crippen molar-refractivity contribution in [2.45, 2.75) is 40.0 Å². The van der Waals surface area contributed by atoms with E-state index in [1.807, 2.05) is 43.3 Å². The smallest absolute Gasteiger partial charge is 0.371 e. The summed E-state index contributed by atoms with van der Waals surface area (Å²) >= 11 is 0. The predicted octanol–water partition coefficient (Wildman–Crippen LogP) is 5.57. The highest BCUT2D eigenvalue weighted by atomic mass is 16.5. The summed E-state index contributed by atoms with van der Waals surface area (Å²) < 4.78 is 16.7. The molecule has 0 fully saturated rings. The van der Waals surface area contributed by atoms with Crippen molar-refractivity contribution in [2.75, 3.05) is 44.9 Å². The van der Waals surface area contributed by atoms with Gasteiger partial charge < -0.3 is 24.6 Å². The number of carbonyl (C=O) groups excluding carboxylic acids is 1. The molecular formula is C28H38N2O6. The van der Waals surface area contributed by atoms with Gasteiger partial charge in [0.25, 0.3) is 0 Å². The lowest BCUT2D eigenvalue weighted by Crippen LogP contribution is -2.37. The second-order valence-corrected chi connectivity index (χ2v) is 8.10. The van der Waals surface area contributed by atoms with Gasteiger partial charge in [0.1, 0.15) is 12.4 Å². The number of urea groups is 1. The van der Waals surface area contributed by atoms with E-state index < -0.39 is 5.97 Å². The van der Waals surface area contributed by atoms with E-state index >= 15 is 0 Å². The Morgan fingerprint density at radius 1 is 1.03 bits per heavy atom. The van der Waals surface area contributed by atoms with Gasteiger partial charge in [-0.15, -0.1) is 0 Å². The van der Waals surface area contributed by atoms with Crippen LogP contribution < -0.4 is 15.0 Å². The Balaban J connectivity index is 2.34. The summed E-state index contributed by atoms with van der Waals surface area (Å²) in [5.41, 5.74) is 3.06. The van der Waals surface area contributed by atoms with Gasteiger partial charge in [-0.25, -0.2) is 9.59 Å². The highest BCUT2D eigenvalue weighted by molar-refractivity contribution is 5.92. The van der Waals surface area contributed by atoms with E-state index in [4.69, 9.17) is 14.2 Å². The van der Waals surface area contributed by atoms with Crippen LogP contribution in [0.25, 0.3) is 17.2 Å². The van der Waals surface area contributed by atoms with Crippen LogP contribution in [0.4, 0.5) is 10.5 Å². The lowest BCUT2D eigenvalue weighted by molar-refractivity contribution is -0.136. The van der Waals surface area contributed by atoms with Gasteiger partial charge in [0.05, 0.1) is 13.2 Å². The average Bonchev–Trinajstić information content (AvgIpc) is 2.88. The average molecular weight is 499 g/mol. The van der Waals surface area contributed by atoms with Crippen LogP contribution in [0.2, 0.25) is 0 Å². The van der Waals surface area contributed by atoms with Crippen LogP contribution in [0.1, 0.15) is 45.6 Å². The Kier molecular flexibility index (Phi) is 12.3. The van der Waals surface area contributed by atoms with Gasteiger partial charge in [-0.1, -0.05) is 44.0 Å². The molecular weight excluding hydrogens is 460 g/mol. The molecule has 36 heavy (non-hydrogen) atoms. The van der Waals surface area contributed by atoms with Crippen molar-refractivity contribution in [1.29, 1.82) is 0 Å². The van der Waals surface area contributed by atoms with E-state index in [-0.39, 0.29) is 18.4 Å². The summed E-state index contributed by atoms with van der Waals surface area (Å²) in [5.74, 6) is -0.698. The van der Waals surface area contributed by atoms with Gasteiger partial charge in [-0.05, 0) is 55.7 Å². The van der Waals surface area contributed by atoms with E-state index in [0.29, 0.717) is 37.7 Å². The molecule has 0 heterocycles. The molecule has 0 aromatic heterocycles. The van der Waals surface area contributed by atoms with Crippen molar-refractivity contribution >= 4 is 23.8 Å². The van der Waals surface area contributed by atoms with Crippen molar-refractivity contribution in [2.24, 2.45) is 0 Å². The maximum atomic E-state index is 12.6. The Bertz CT molecular complexity index is 1020. The Morgan fingerprint density at radius 3 is 2.53 bits per heavy atom. The van der Waals surface area contributed by atoms with Crippen LogP contribution in [0.3, 0.4) is 0 Å². The van der Waals surface area contributed by atoms with Crippen molar-refractivity contribution in [1.82, 2.24) is 5.32 Å². The molecule has 0 bridgehead atoms. The molecule has 0 aliphatic rings. The number of anilines is 1. The van der Waals surface area contributed by atoms with Gasteiger partial charge >= 0.3 is 12.0 Å². The number of aliphatic carboxylic acids is 1. The number of hydrogen-bond donors (Lipinski definition) is 2. The highest BCUT2D eigenvalue weighted by Gasteiger charge is 2.14. The molecule has 2 aromatic carbocycles. The van der Waals surface area contributed by atoms with Gasteiger partial charge in [0.15, 0.2) is 0 Å². The number of carboxylic acids is 1. The number of unbranched alkanes of at least 4 members (excludes halogenated alkanes) is 2. The fraction of sp³-hybridized carbons (Fsp3) is 0.429. The number of ether oxygens (including phenoxy) is 3. The first-order valence-electron chi connectivity index (χ1n) is 12.5. The van der Waals surface area contributed by atoms with Crippen LogP contribution >= 0.6 is 0 Å². The first-order valence-corrected chi connectivity index (χ1v) is 12.5. The van der Waals surface area contributed by atoms with Crippen LogP contribution in [-0.4, -0.2) is 57.1 Å². The Hall–Kier alpha value is -3.52. The number of rotatable bonds is 15. The summed E-state index contributed by atoms with van der Waals surface area (Å²) in [4.78, 5) is 25.7. The third kappa shape index (κ3) is 8.92. The number of carboxylic acid groups (broad SMARTS) is 1. The van der Waals surface area contributed by atoms with Crippen molar-refractivity contribution in [3.05, 3.63) is 53.8 Å². The van der Waals surface area contributed by atoms with Gasteiger partial charge in [0.2, 0.25) is 5.76 Å². The van der Waals surface area contributed by atoms with E-state index in [1.54, 1.807) is 24.9 Å². The monoisotopic (exact) mass is 498 g/mol. The topological polar surface area (TPSA) is 97.3 Å². The van der Waals surface area contributed by atoms with Crippen molar-refractivity contribution in [3.63, 3.8) is 0 Å². The molecule has 196 valence electrons. The molecule has 0 aliphatic heterocycles. The van der Waals surface area contributed by atoms with Gasteiger partial charge in [-0.2, -0.15) is 0 Å². The number of carbonyl (C=O) groups is 2. The summed E-state index contributed by atoms with van der Waals surface area (Å²) in [7, 11) is 1.74. The number of benzene rings is 2. The summed E-state index contributed by atoms with van der Waals surface area (Å²) in [6.07, 6.45) is 4.60. The minimum absolute atomic E-state index is 0.140. The largest absolute Gasteiger partial charge is 0.491 e. The fourth-order valence-electron chi connectivity index (χ4n) is 3.50. The first-order chi connectivity index (χ1) is 17.4. The van der Waals surface area contributed by atoms with E-state index in [2.05, 4.69) is 12.2 Å². The minimum Gasteiger partial charge on any atom is -0.491 e. The zero-order valence-electron chi connectivity index (χ0n) is 21.7. The predicted molar refractivity (Wildman–Crippen MR) is 142 cm³/mol. The summed E-state index contributed by atoms with van der Waals surface area (Å²) in [6.45, 7) is 8.02. The summed E-state index contributed by atoms with van der Waals surface area (Å²) in [6, 6.07) is 12.9. The van der Waals surface area contributed by atoms with Crippen LogP contribution in [-0.2, 0) is 14.3 Å². The molecule has 0 spiro atoms. The van der Waals surface area contributed by atoms with E-state index in [9.17, 15) is 14.7 Å². The molecule has 8 heteroatoms. The van der Waals surface area contributed by atoms with Crippen LogP contribution in [0.15, 0.2) is 48.2 Å². The second-order valence-electron chi connectivity index (χ2n) is 8.10. The minimum atomic E-state index is -1.14. The molecule has 2 N–H and O–H groups in total. The van der Waals surface area contributed by atoms with Gasteiger partial charge in [-0.3, -0.25) is 4.90 Å². The molecule has 2 aromatic rings. The quantitative estimate of drug-likeness (QED) is 0.189. The zero-order chi connectivity index (χ0) is 26.3. The number of nitrogens with zero attached hydrogens (tertiary/aromatic N) is 1. The standard InChI is InChI=1S/C28H38N2O6/c1-5-8-9-15-29-28(33)30(4)23-12-10-11-22(20-23)24-14-13-21(19-26(27(31)32)35-7-3)18-25(24)36-17-16-34-6-2/h10-14,18-20H,5-9,15-17H2,1-4H3,(H,29,33)(H,31,32)/b26-19+. The molecule has 0 atom stereocenters. The highest BCUT2D eigenvalue weighted by Crippen LogP contribution is 2.34. The number of nitrogens with one attached hydrogen (secondary N) is 1. The van der Waals surface area contributed by atoms with E-state index in [1.165, 1.54) is 6.08 Å². The lowest BCUT2D eigenvalue weighted by atomic mass is 10.0. The third-order valence-corrected chi connectivity index (χ3v) is 5.41. The summed E-state index contributed by atoms with van der Waals surface area (Å²) in [5, 5.41) is 12.4. The zero-order valence-corrected chi connectivity index (χ0v) is 21.7. The second kappa shape index (κ2) is 15.5. The molecule has 0 unspecified atom stereocenters. The molecule has 0 aliphatic carbocycles. The fourth-order valence-corrected chi connectivity index (χ4v) is 3.50. The molecule has 2 rings (SSSR count). The van der Waals surface area contributed by atoms with Gasteiger partial charge in [0, 0.05) is 31.5 Å². The third-order valence-electron chi connectivity index (χ3n) is 5.41. The SMILES string of the molecule is CCCCCNC(=O)N(C)c1cccc(-c2ccc(/C=C(/OCC)C(=O)O)cc2OCCOCC)c1. The van der Waals surface area contributed by atoms with Crippen molar-refractivity contribution in [3.8, 4) is 16.9 Å². The number of hydrogen-bond acceptors (Lipinski definition) is 5. The first kappa shape index (κ1) is 28.7. The Labute approximate surface area is 213 Å². The van der Waals surface area contributed by atoms with Crippen LogP contribution in [0.5, 0.6) is 5.75 Å². The van der Waals surface area contributed by atoms with Crippen LogP contribution in [0, 0.1) is 0 Å². The number of amides is 2.